The summed E-state index contributed by atoms with van der Waals surface area (Å²) < 4.78 is 10.9. The van der Waals surface area contributed by atoms with Crippen molar-refractivity contribution >= 4 is 5.91 Å². The lowest BCUT2D eigenvalue weighted by Crippen LogP contribution is -2.38. The third-order valence-corrected chi connectivity index (χ3v) is 3.06. The van der Waals surface area contributed by atoms with E-state index in [0.29, 0.717) is 25.6 Å². The van der Waals surface area contributed by atoms with Gasteiger partial charge in [-0.2, -0.15) is 0 Å². The van der Waals surface area contributed by atoms with Gasteiger partial charge in [-0.05, 0) is 32.3 Å². The monoisotopic (exact) mass is 264 g/mol. The first-order valence-corrected chi connectivity index (χ1v) is 6.77. The van der Waals surface area contributed by atoms with Crippen LogP contribution in [0.25, 0.3) is 0 Å². The van der Waals surface area contributed by atoms with Crippen LogP contribution >= 0.6 is 0 Å². The van der Waals surface area contributed by atoms with E-state index in [1.165, 1.54) is 0 Å². The van der Waals surface area contributed by atoms with Crippen molar-refractivity contribution in [3.8, 4) is 5.88 Å². The Morgan fingerprint density at radius 2 is 2.47 bits per heavy atom. The smallest absolute Gasteiger partial charge is 0.249 e. The first-order chi connectivity index (χ1) is 9.31. The molecule has 1 atom stereocenters. The maximum absolute atomic E-state index is 11.9. The highest BCUT2D eigenvalue weighted by Crippen LogP contribution is 2.15. The largest absolute Gasteiger partial charge is 0.478 e. The number of aromatic nitrogens is 1. The van der Waals surface area contributed by atoms with Gasteiger partial charge in [-0.3, -0.25) is 4.79 Å². The van der Waals surface area contributed by atoms with Gasteiger partial charge in [-0.1, -0.05) is 6.07 Å². The number of ether oxygens (including phenoxy) is 2. The molecule has 5 nitrogen and oxygen atoms in total. The van der Waals surface area contributed by atoms with Gasteiger partial charge in [0.25, 0.3) is 0 Å². The van der Waals surface area contributed by atoms with Crippen LogP contribution in [-0.4, -0.2) is 30.2 Å². The Hall–Kier alpha value is -1.62. The number of nitrogens with one attached hydrogen (secondary N) is 1. The Kier molecular flexibility index (Phi) is 5.15. The van der Waals surface area contributed by atoms with Crippen LogP contribution in [0.5, 0.6) is 5.88 Å². The molecule has 0 saturated carbocycles. The molecule has 2 rings (SSSR count). The summed E-state index contributed by atoms with van der Waals surface area (Å²) in [7, 11) is 0. The van der Waals surface area contributed by atoms with Gasteiger partial charge in [-0.15, -0.1) is 0 Å². The molecule has 104 valence electrons. The minimum atomic E-state index is -0.305. The summed E-state index contributed by atoms with van der Waals surface area (Å²) in [4.78, 5) is 16.1. The van der Waals surface area contributed by atoms with Crippen molar-refractivity contribution in [3.63, 3.8) is 0 Å². The van der Waals surface area contributed by atoms with E-state index in [4.69, 9.17) is 9.47 Å². The molecule has 1 aromatic heterocycles. The summed E-state index contributed by atoms with van der Waals surface area (Å²) in [5.41, 5.74) is 0.883. The van der Waals surface area contributed by atoms with Gasteiger partial charge in [0.2, 0.25) is 11.8 Å². The zero-order valence-electron chi connectivity index (χ0n) is 11.2. The first-order valence-electron chi connectivity index (χ1n) is 6.77. The van der Waals surface area contributed by atoms with Crippen LogP contribution in [0.3, 0.4) is 0 Å². The lowest BCUT2D eigenvalue weighted by Gasteiger charge is -2.21. The lowest BCUT2D eigenvalue weighted by atomic mass is 10.1. The van der Waals surface area contributed by atoms with Gasteiger partial charge in [0, 0.05) is 24.9 Å². The van der Waals surface area contributed by atoms with Crippen LogP contribution in [0.4, 0.5) is 0 Å². The number of carbonyl (C=O) groups excluding carboxylic acids is 1. The number of hydrogen-bond donors (Lipinski definition) is 1. The van der Waals surface area contributed by atoms with Crippen LogP contribution in [0.1, 0.15) is 31.7 Å². The van der Waals surface area contributed by atoms with Crippen molar-refractivity contribution in [2.45, 2.75) is 38.8 Å². The molecular weight excluding hydrogens is 244 g/mol. The fraction of sp³-hybridized carbons (Fsp3) is 0.571. The highest BCUT2D eigenvalue weighted by molar-refractivity contribution is 5.80. The van der Waals surface area contributed by atoms with E-state index < -0.39 is 0 Å². The van der Waals surface area contributed by atoms with Crippen LogP contribution in [0.15, 0.2) is 18.3 Å². The van der Waals surface area contributed by atoms with E-state index >= 15 is 0 Å². The summed E-state index contributed by atoms with van der Waals surface area (Å²) >= 11 is 0. The molecule has 1 aliphatic heterocycles. The molecule has 0 aromatic carbocycles. The molecule has 0 radical (unpaired) electrons. The Bertz CT molecular complexity index is 417. The predicted octanol–water partition coefficient (Wildman–Crippen LogP) is 1.67. The van der Waals surface area contributed by atoms with Crippen molar-refractivity contribution in [1.82, 2.24) is 10.3 Å². The minimum absolute atomic E-state index is 0.0500. The van der Waals surface area contributed by atoms with E-state index in [1.807, 2.05) is 19.1 Å². The topological polar surface area (TPSA) is 60.5 Å². The van der Waals surface area contributed by atoms with Gasteiger partial charge >= 0.3 is 0 Å². The third-order valence-electron chi connectivity index (χ3n) is 3.06. The average Bonchev–Trinajstić information content (AvgIpc) is 2.47. The second-order valence-electron chi connectivity index (χ2n) is 4.47. The van der Waals surface area contributed by atoms with Crippen LogP contribution in [0, 0.1) is 0 Å². The fourth-order valence-electron chi connectivity index (χ4n) is 2.07. The maximum atomic E-state index is 11.9. The zero-order valence-corrected chi connectivity index (χ0v) is 11.2. The predicted molar refractivity (Wildman–Crippen MR) is 70.8 cm³/mol. The average molecular weight is 264 g/mol. The van der Waals surface area contributed by atoms with E-state index in [-0.39, 0.29) is 12.0 Å². The first kappa shape index (κ1) is 13.8. The summed E-state index contributed by atoms with van der Waals surface area (Å²) in [6.45, 7) is 3.56. The van der Waals surface area contributed by atoms with E-state index in [2.05, 4.69) is 10.3 Å². The van der Waals surface area contributed by atoms with Crippen LogP contribution < -0.4 is 10.1 Å². The molecule has 0 aliphatic carbocycles. The number of amides is 1. The summed E-state index contributed by atoms with van der Waals surface area (Å²) in [6.07, 6.45) is 4.27. The number of carbonyl (C=O) groups is 1. The summed E-state index contributed by atoms with van der Waals surface area (Å²) in [5, 5.41) is 2.88. The molecule has 2 heterocycles. The molecule has 1 saturated heterocycles. The molecule has 19 heavy (non-hydrogen) atoms. The summed E-state index contributed by atoms with van der Waals surface area (Å²) in [6, 6.07) is 3.74. The second-order valence-corrected chi connectivity index (χ2v) is 4.47. The Balaban J connectivity index is 1.89. The van der Waals surface area contributed by atoms with Gasteiger partial charge in [-0.25, -0.2) is 4.98 Å². The molecule has 1 N–H and O–H groups in total. The normalized spacial score (nSPS) is 18.9. The highest BCUT2D eigenvalue weighted by Gasteiger charge is 2.21. The lowest BCUT2D eigenvalue weighted by molar-refractivity contribution is -0.135. The van der Waals surface area contributed by atoms with Crippen molar-refractivity contribution in [2.75, 3.05) is 13.2 Å². The maximum Gasteiger partial charge on any atom is 0.249 e. The van der Waals surface area contributed by atoms with Crippen molar-refractivity contribution in [3.05, 3.63) is 23.9 Å². The highest BCUT2D eigenvalue weighted by atomic mass is 16.5. The van der Waals surface area contributed by atoms with E-state index in [9.17, 15) is 4.79 Å². The number of pyridine rings is 1. The molecule has 1 amide bonds. The van der Waals surface area contributed by atoms with Crippen molar-refractivity contribution in [1.29, 1.82) is 0 Å². The van der Waals surface area contributed by atoms with Gasteiger partial charge in [0.1, 0.15) is 6.10 Å². The van der Waals surface area contributed by atoms with Gasteiger partial charge in [0.05, 0.1) is 6.61 Å². The van der Waals surface area contributed by atoms with Crippen molar-refractivity contribution in [2.24, 2.45) is 0 Å². The summed E-state index contributed by atoms with van der Waals surface area (Å²) in [5.74, 6) is 0.529. The third kappa shape index (κ3) is 3.92. The number of hydrogen-bond acceptors (Lipinski definition) is 4. The second kappa shape index (κ2) is 7.09. The molecule has 1 aromatic rings. The molecular formula is C14H20N2O3. The van der Waals surface area contributed by atoms with Crippen LogP contribution in [0.2, 0.25) is 0 Å². The van der Waals surface area contributed by atoms with Gasteiger partial charge in [0.15, 0.2) is 0 Å². The zero-order chi connectivity index (χ0) is 13.5. The Morgan fingerprint density at radius 1 is 1.58 bits per heavy atom. The van der Waals surface area contributed by atoms with Crippen molar-refractivity contribution < 1.29 is 14.3 Å². The quantitative estimate of drug-likeness (QED) is 0.878. The Labute approximate surface area is 113 Å². The van der Waals surface area contributed by atoms with Gasteiger partial charge < -0.3 is 14.8 Å². The fourth-order valence-corrected chi connectivity index (χ4v) is 2.07. The molecule has 0 unspecified atom stereocenters. The minimum Gasteiger partial charge on any atom is -0.478 e. The molecule has 1 aliphatic rings. The SMILES string of the molecule is CCOc1ncccc1CNC(=O)[C@@H]1CCCCO1. The molecule has 1 fully saturated rings. The molecule has 0 spiro atoms. The number of nitrogens with zero attached hydrogens (tertiary/aromatic N) is 1. The van der Waals surface area contributed by atoms with Crippen LogP contribution in [-0.2, 0) is 16.1 Å². The molecule has 5 heteroatoms. The molecule has 0 bridgehead atoms. The Morgan fingerprint density at radius 3 is 3.21 bits per heavy atom. The van der Waals surface area contributed by atoms with E-state index in [0.717, 1.165) is 24.8 Å². The number of rotatable bonds is 5. The standard InChI is InChI=1S/C14H20N2O3/c1-2-18-14-11(6-5-8-15-14)10-16-13(17)12-7-3-4-9-19-12/h5-6,8,12H,2-4,7,9-10H2,1H3,(H,16,17)/t12-/m0/s1. The van der Waals surface area contributed by atoms with E-state index in [1.54, 1.807) is 6.20 Å².